The highest BCUT2D eigenvalue weighted by Crippen LogP contribution is 2.28. The Bertz CT molecular complexity index is 947. The number of ether oxygens (including phenoxy) is 2. The van der Waals surface area contributed by atoms with Crippen LogP contribution in [0.15, 0.2) is 48.5 Å². The van der Waals surface area contributed by atoms with Crippen LogP contribution in [-0.2, 0) is 17.9 Å². The predicted molar refractivity (Wildman–Crippen MR) is 106 cm³/mol. The lowest BCUT2D eigenvalue weighted by Gasteiger charge is -2.13. The van der Waals surface area contributed by atoms with Gasteiger partial charge in [0.2, 0.25) is 6.41 Å². The number of carbonyl (C=O) groups is 1. The number of hydrogen-bond acceptors (Lipinski definition) is 4. The number of nitrogens with zero attached hydrogens (tertiary/aromatic N) is 2. The van der Waals surface area contributed by atoms with E-state index in [0.717, 1.165) is 22.4 Å². The van der Waals surface area contributed by atoms with Gasteiger partial charge < -0.3 is 19.4 Å². The molecule has 27 heavy (non-hydrogen) atoms. The molecule has 2 aromatic carbocycles. The van der Waals surface area contributed by atoms with Gasteiger partial charge in [-0.25, -0.2) is 4.98 Å². The second-order valence-corrected chi connectivity index (χ2v) is 5.93. The van der Waals surface area contributed by atoms with Crippen molar-refractivity contribution in [2.75, 3.05) is 13.7 Å². The van der Waals surface area contributed by atoms with Gasteiger partial charge in [-0.2, -0.15) is 0 Å². The summed E-state index contributed by atoms with van der Waals surface area (Å²) < 4.78 is 13.5. The number of fused-ring (bicyclic) bond motifs is 1. The lowest BCUT2D eigenvalue weighted by atomic mass is 10.2. The average molecular weight is 365 g/mol. The molecule has 3 aromatic rings. The van der Waals surface area contributed by atoms with Crippen LogP contribution in [-0.4, -0.2) is 29.7 Å². The molecule has 0 atom stereocenters. The zero-order valence-corrected chi connectivity index (χ0v) is 15.5. The van der Waals surface area contributed by atoms with Crippen LogP contribution < -0.4 is 14.8 Å². The van der Waals surface area contributed by atoms with Crippen LogP contribution >= 0.6 is 0 Å². The van der Waals surface area contributed by atoms with Gasteiger partial charge in [0.1, 0.15) is 12.4 Å². The zero-order valence-electron chi connectivity index (χ0n) is 15.5. The predicted octanol–water partition coefficient (Wildman–Crippen LogP) is 3.40. The van der Waals surface area contributed by atoms with E-state index in [-0.39, 0.29) is 0 Å². The Morgan fingerprint density at radius 1 is 1.19 bits per heavy atom. The lowest BCUT2D eigenvalue weighted by molar-refractivity contribution is -0.109. The van der Waals surface area contributed by atoms with Crippen LogP contribution in [0.3, 0.4) is 0 Å². The van der Waals surface area contributed by atoms with Crippen molar-refractivity contribution < 1.29 is 14.3 Å². The monoisotopic (exact) mass is 365 g/mol. The molecule has 1 N–H and O–H groups in total. The molecule has 0 saturated carbocycles. The number of amides is 1. The molecule has 6 heteroatoms. The van der Waals surface area contributed by atoms with E-state index >= 15 is 0 Å². The molecule has 0 bridgehead atoms. The molecule has 1 aromatic heterocycles. The molecule has 0 aliphatic rings. The average Bonchev–Trinajstić information content (AvgIpc) is 3.05. The van der Waals surface area contributed by atoms with E-state index in [2.05, 4.69) is 14.9 Å². The summed E-state index contributed by atoms with van der Waals surface area (Å²) in [4.78, 5) is 15.3. The molecule has 0 radical (unpaired) electrons. The third-order valence-electron chi connectivity index (χ3n) is 4.20. The number of imidazole rings is 1. The summed E-state index contributed by atoms with van der Waals surface area (Å²) >= 11 is 0. The first-order valence-electron chi connectivity index (χ1n) is 8.81. The molecule has 0 aliphatic heterocycles. The largest absolute Gasteiger partial charge is 0.493 e. The first-order valence-corrected chi connectivity index (χ1v) is 8.81. The minimum atomic E-state index is 0.375. The maximum absolute atomic E-state index is 10.7. The molecule has 1 heterocycles. The highest BCUT2D eigenvalue weighted by atomic mass is 16.5. The first kappa shape index (κ1) is 18.5. The summed E-state index contributed by atoms with van der Waals surface area (Å²) in [5, 5.41) is 2.68. The van der Waals surface area contributed by atoms with Crippen molar-refractivity contribution >= 4 is 23.5 Å². The number of carbonyl (C=O) groups excluding carboxylic acids is 1. The van der Waals surface area contributed by atoms with Gasteiger partial charge in [-0.1, -0.05) is 30.4 Å². The van der Waals surface area contributed by atoms with Crippen molar-refractivity contribution in [1.29, 1.82) is 0 Å². The van der Waals surface area contributed by atoms with Gasteiger partial charge in [0.05, 0.1) is 31.2 Å². The molecular formula is C21H23N3O3. The Kier molecular flexibility index (Phi) is 6.10. The molecular weight excluding hydrogens is 342 g/mol. The SMILES string of the molecule is CC=Cc1ccc(OCCn2c(CNC=O)nc3ccccc32)c(OC)c1. The Hall–Kier alpha value is -3.28. The molecule has 6 nitrogen and oxygen atoms in total. The van der Waals surface area contributed by atoms with Gasteiger partial charge in [0.25, 0.3) is 0 Å². The van der Waals surface area contributed by atoms with Crippen molar-refractivity contribution in [3.8, 4) is 11.5 Å². The molecule has 1 amide bonds. The van der Waals surface area contributed by atoms with Crippen LogP contribution in [0.2, 0.25) is 0 Å². The van der Waals surface area contributed by atoms with Crippen molar-refractivity contribution in [3.05, 3.63) is 59.9 Å². The fraction of sp³-hybridized carbons (Fsp3) is 0.238. The van der Waals surface area contributed by atoms with Gasteiger partial charge in [0, 0.05) is 0 Å². The van der Waals surface area contributed by atoms with Crippen LogP contribution in [0.4, 0.5) is 0 Å². The quantitative estimate of drug-likeness (QED) is 0.590. The van der Waals surface area contributed by atoms with E-state index in [1.807, 2.05) is 61.5 Å². The number of allylic oxidation sites excluding steroid dienone is 1. The molecule has 0 saturated heterocycles. The Balaban J connectivity index is 1.76. The maximum atomic E-state index is 10.7. The lowest BCUT2D eigenvalue weighted by Crippen LogP contribution is -2.17. The Labute approximate surface area is 158 Å². The number of benzene rings is 2. The summed E-state index contributed by atoms with van der Waals surface area (Å²) in [6.07, 6.45) is 4.67. The van der Waals surface area contributed by atoms with E-state index < -0.39 is 0 Å². The van der Waals surface area contributed by atoms with E-state index in [0.29, 0.717) is 37.6 Å². The van der Waals surface area contributed by atoms with Crippen molar-refractivity contribution in [2.45, 2.75) is 20.0 Å². The van der Waals surface area contributed by atoms with Gasteiger partial charge in [-0.15, -0.1) is 0 Å². The van der Waals surface area contributed by atoms with Crippen molar-refractivity contribution in [2.24, 2.45) is 0 Å². The standard InChI is InChI=1S/C21H23N3O3/c1-3-6-16-9-10-19(20(13-16)26-2)27-12-11-24-18-8-5-4-7-17(18)23-21(24)14-22-15-25/h3-10,13,15H,11-12,14H2,1-2H3,(H,22,25). The second-order valence-electron chi connectivity index (χ2n) is 5.93. The molecule has 0 unspecified atom stereocenters. The Morgan fingerprint density at radius 2 is 2.04 bits per heavy atom. The third-order valence-corrected chi connectivity index (χ3v) is 4.20. The number of aromatic nitrogens is 2. The molecule has 0 fully saturated rings. The highest BCUT2D eigenvalue weighted by Gasteiger charge is 2.11. The summed E-state index contributed by atoms with van der Waals surface area (Å²) in [6, 6.07) is 13.7. The number of para-hydroxylation sites is 2. The van der Waals surface area contributed by atoms with E-state index in [1.54, 1.807) is 7.11 Å². The van der Waals surface area contributed by atoms with Crippen LogP contribution in [0, 0.1) is 0 Å². The van der Waals surface area contributed by atoms with Gasteiger partial charge in [-0.3, -0.25) is 4.79 Å². The first-order chi connectivity index (χ1) is 13.3. The maximum Gasteiger partial charge on any atom is 0.207 e. The molecule has 3 rings (SSSR count). The fourth-order valence-corrected chi connectivity index (χ4v) is 2.99. The van der Waals surface area contributed by atoms with Crippen molar-refractivity contribution in [1.82, 2.24) is 14.9 Å². The topological polar surface area (TPSA) is 65.4 Å². The van der Waals surface area contributed by atoms with E-state index in [4.69, 9.17) is 9.47 Å². The number of rotatable bonds is 9. The van der Waals surface area contributed by atoms with E-state index in [1.165, 1.54) is 0 Å². The number of hydrogen-bond donors (Lipinski definition) is 1. The summed E-state index contributed by atoms with van der Waals surface area (Å²) in [5.74, 6) is 2.19. The van der Waals surface area contributed by atoms with Crippen molar-refractivity contribution in [3.63, 3.8) is 0 Å². The number of nitrogens with one attached hydrogen (secondary N) is 1. The smallest absolute Gasteiger partial charge is 0.207 e. The highest BCUT2D eigenvalue weighted by molar-refractivity contribution is 5.76. The summed E-state index contributed by atoms with van der Waals surface area (Å²) in [7, 11) is 1.63. The molecule has 0 spiro atoms. The minimum Gasteiger partial charge on any atom is -0.493 e. The van der Waals surface area contributed by atoms with Gasteiger partial charge in [-0.05, 0) is 36.8 Å². The fourth-order valence-electron chi connectivity index (χ4n) is 2.99. The zero-order chi connectivity index (χ0) is 19.1. The van der Waals surface area contributed by atoms with Gasteiger partial charge in [0.15, 0.2) is 11.5 Å². The molecule has 140 valence electrons. The van der Waals surface area contributed by atoms with Crippen LogP contribution in [0.5, 0.6) is 11.5 Å². The third kappa shape index (κ3) is 4.28. The summed E-state index contributed by atoms with van der Waals surface area (Å²) in [5.41, 5.74) is 2.97. The minimum absolute atomic E-state index is 0.375. The van der Waals surface area contributed by atoms with E-state index in [9.17, 15) is 4.79 Å². The normalized spacial score (nSPS) is 11.0. The van der Waals surface area contributed by atoms with Crippen LogP contribution in [0.1, 0.15) is 18.3 Å². The molecule has 0 aliphatic carbocycles. The Morgan fingerprint density at radius 3 is 2.81 bits per heavy atom. The summed E-state index contributed by atoms with van der Waals surface area (Å²) in [6.45, 7) is 3.41. The van der Waals surface area contributed by atoms with Gasteiger partial charge >= 0.3 is 0 Å². The second kappa shape index (κ2) is 8.89. The number of methoxy groups -OCH3 is 1. The van der Waals surface area contributed by atoms with Crippen LogP contribution in [0.25, 0.3) is 17.1 Å².